The molecule has 0 saturated heterocycles. The van der Waals surface area contributed by atoms with Crippen molar-refractivity contribution < 1.29 is 4.74 Å². The monoisotopic (exact) mass is 290 g/mol. The Labute approximate surface area is 124 Å². The van der Waals surface area contributed by atoms with Crippen molar-refractivity contribution in [2.75, 3.05) is 19.0 Å². The first-order valence-corrected chi connectivity index (χ1v) is 6.91. The van der Waals surface area contributed by atoms with Crippen LogP contribution in [0.4, 0.5) is 5.69 Å². The van der Waals surface area contributed by atoms with Crippen LogP contribution in [0.1, 0.15) is 17.2 Å². The van der Waals surface area contributed by atoms with Crippen LogP contribution in [0.25, 0.3) is 0 Å². The maximum atomic E-state index is 6.01. The summed E-state index contributed by atoms with van der Waals surface area (Å²) in [5.74, 6) is 0. The number of ether oxygens (including phenoxy) is 1. The third kappa shape index (κ3) is 3.73. The van der Waals surface area contributed by atoms with Crippen LogP contribution in [0.5, 0.6) is 0 Å². The van der Waals surface area contributed by atoms with E-state index in [4.69, 9.17) is 22.1 Å². The zero-order valence-electron chi connectivity index (χ0n) is 11.5. The summed E-state index contributed by atoms with van der Waals surface area (Å²) in [4.78, 5) is 0. The minimum Gasteiger partial charge on any atom is -0.380 e. The van der Waals surface area contributed by atoms with Gasteiger partial charge in [-0.2, -0.15) is 0 Å². The molecule has 0 saturated carbocycles. The predicted octanol–water partition coefficient (Wildman–Crippen LogP) is 3.60. The van der Waals surface area contributed by atoms with Crippen LogP contribution in [0, 0.1) is 0 Å². The number of rotatable bonds is 6. The summed E-state index contributed by atoms with van der Waals surface area (Å²) in [5, 5.41) is 4.12. The van der Waals surface area contributed by atoms with Crippen molar-refractivity contribution in [3.8, 4) is 0 Å². The smallest absolute Gasteiger partial charge is 0.0716 e. The summed E-state index contributed by atoms with van der Waals surface area (Å²) in [6.07, 6.45) is 0. The van der Waals surface area contributed by atoms with E-state index in [0.29, 0.717) is 18.2 Å². The van der Waals surface area contributed by atoms with Gasteiger partial charge in [-0.3, -0.25) is 0 Å². The third-order valence-electron chi connectivity index (χ3n) is 3.13. The van der Waals surface area contributed by atoms with Crippen LogP contribution in [0.2, 0.25) is 5.02 Å². The van der Waals surface area contributed by atoms with E-state index in [1.165, 1.54) is 0 Å². The lowest BCUT2D eigenvalue weighted by molar-refractivity contribution is 0.184. The molecule has 2 aromatic rings. The van der Waals surface area contributed by atoms with Crippen LogP contribution in [-0.4, -0.2) is 13.7 Å². The summed E-state index contributed by atoms with van der Waals surface area (Å²) >= 11 is 6.01. The van der Waals surface area contributed by atoms with Gasteiger partial charge in [-0.15, -0.1) is 0 Å². The Bertz CT molecular complexity index is 560. The summed E-state index contributed by atoms with van der Waals surface area (Å²) in [6, 6.07) is 15.8. The zero-order valence-corrected chi connectivity index (χ0v) is 12.2. The number of halogens is 1. The number of nitrogens with one attached hydrogen (secondary N) is 1. The molecule has 106 valence electrons. The first kappa shape index (κ1) is 14.9. The highest BCUT2D eigenvalue weighted by molar-refractivity contribution is 6.30. The molecule has 1 atom stereocenters. The Kier molecular flexibility index (Phi) is 5.41. The number of benzene rings is 2. The zero-order chi connectivity index (χ0) is 14.4. The van der Waals surface area contributed by atoms with E-state index in [9.17, 15) is 0 Å². The molecule has 0 radical (unpaired) electrons. The highest BCUT2D eigenvalue weighted by atomic mass is 35.5. The van der Waals surface area contributed by atoms with E-state index in [1.54, 1.807) is 7.11 Å². The van der Waals surface area contributed by atoms with E-state index in [0.717, 1.165) is 16.8 Å². The fraction of sp³-hybridized carbons (Fsp3) is 0.250. The molecule has 0 aliphatic heterocycles. The molecule has 0 amide bonds. The Balaban J connectivity index is 2.24. The number of anilines is 1. The van der Waals surface area contributed by atoms with Gasteiger partial charge in [0.1, 0.15) is 0 Å². The second-order valence-electron chi connectivity index (χ2n) is 4.57. The number of hydrogen-bond acceptors (Lipinski definition) is 3. The second kappa shape index (κ2) is 7.29. The average Bonchev–Trinajstić information content (AvgIpc) is 2.46. The molecule has 2 rings (SSSR count). The van der Waals surface area contributed by atoms with Crippen LogP contribution in [0.3, 0.4) is 0 Å². The van der Waals surface area contributed by atoms with Gasteiger partial charge in [0.15, 0.2) is 0 Å². The lowest BCUT2D eigenvalue weighted by Crippen LogP contribution is -2.22. The number of hydrogen-bond donors (Lipinski definition) is 2. The molecule has 0 heterocycles. The summed E-state index contributed by atoms with van der Waals surface area (Å²) in [6.45, 7) is 1.07. The van der Waals surface area contributed by atoms with Crippen molar-refractivity contribution in [2.45, 2.75) is 12.6 Å². The van der Waals surface area contributed by atoms with Gasteiger partial charge in [-0.05, 0) is 29.3 Å². The van der Waals surface area contributed by atoms with Gasteiger partial charge in [-0.1, -0.05) is 41.9 Å². The largest absolute Gasteiger partial charge is 0.380 e. The lowest BCUT2D eigenvalue weighted by atomic mass is 10.0. The first-order chi connectivity index (χ1) is 9.74. The number of nitrogens with two attached hydrogens (primary N) is 1. The summed E-state index contributed by atoms with van der Waals surface area (Å²) in [7, 11) is 1.69. The molecule has 20 heavy (non-hydrogen) atoms. The number of methoxy groups -OCH3 is 1. The van der Waals surface area contributed by atoms with Crippen LogP contribution in [0.15, 0.2) is 48.5 Å². The highest BCUT2D eigenvalue weighted by Gasteiger charge is 2.13. The van der Waals surface area contributed by atoms with Gasteiger partial charge < -0.3 is 15.8 Å². The van der Waals surface area contributed by atoms with E-state index >= 15 is 0 Å². The van der Waals surface area contributed by atoms with Gasteiger partial charge in [0.25, 0.3) is 0 Å². The maximum absolute atomic E-state index is 6.01. The van der Waals surface area contributed by atoms with Gasteiger partial charge in [0.05, 0.1) is 12.6 Å². The van der Waals surface area contributed by atoms with E-state index in [-0.39, 0.29) is 6.04 Å². The van der Waals surface area contributed by atoms with Gasteiger partial charge in [0.2, 0.25) is 0 Å². The Hall–Kier alpha value is -1.55. The molecule has 2 aromatic carbocycles. The van der Waals surface area contributed by atoms with Crippen molar-refractivity contribution in [1.82, 2.24) is 0 Å². The normalized spacial score (nSPS) is 12.2. The minimum atomic E-state index is 0.0276. The van der Waals surface area contributed by atoms with E-state index in [2.05, 4.69) is 17.4 Å². The SMILES string of the molecule is COCc1ccccc1C(CN)Nc1cccc(Cl)c1. The fourth-order valence-electron chi connectivity index (χ4n) is 2.20. The lowest BCUT2D eigenvalue weighted by Gasteiger charge is -2.21. The maximum Gasteiger partial charge on any atom is 0.0716 e. The molecule has 4 heteroatoms. The summed E-state index contributed by atoms with van der Waals surface area (Å²) < 4.78 is 5.24. The van der Waals surface area contributed by atoms with Crippen molar-refractivity contribution in [1.29, 1.82) is 0 Å². The topological polar surface area (TPSA) is 47.3 Å². The van der Waals surface area contributed by atoms with Gasteiger partial charge in [0, 0.05) is 24.4 Å². The van der Waals surface area contributed by atoms with Crippen molar-refractivity contribution in [3.63, 3.8) is 0 Å². The Morgan fingerprint density at radius 2 is 2.00 bits per heavy atom. The molecule has 0 spiro atoms. The van der Waals surface area contributed by atoms with Crippen molar-refractivity contribution >= 4 is 17.3 Å². The molecule has 0 aliphatic carbocycles. The first-order valence-electron chi connectivity index (χ1n) is 6.53. The quantitative estimate of drug-likeness (QED) is 0.854. The minimum absolute atomic E-state index is 0.0276. The fourth-order valence-corrected chi connectivity index (χ4v) is 2.39. The molecular weight excluding hydrogens is 272 g/mol. The molecule has 0 aromatic heterocycles. The van der Waals surface area contributed by atoms with E-state index in [1.807, 2.05) is 36.4 Å². The second-order valence-corrected chi connectivity index (χ2v) is 5.01. The molecule has 0 bridgehead atoms. The molecule has 0 fully saturated rings. The molecule has 1 unspecified atom stereocenters. The standard InChI is InChI=1S/C16H19ClN2O/c1-20-11-12-5-2-3-8-15(12)16(10-18)19-14-7-4-6-13(17)9-14/h2-9,16,19H,10-11,18H2,1H3. The highest BCUT2D eigenvalue weighted by Crippen LogP contribution is 2.24. The van der Waals surface area contributed by atoms with Crippen molar-refractivity contribution in [2.24, 2.45) is 5.73 Å². The van der Waals surface area contributed by atoms with Crippen LogP contribution >= 0.6 is 11.6 Å². The Morgan fingerprint density at radius 3 is 2.70 bits per heavy atom. The summed E-state index contributed by atoms with van der Waals surface area (Å²) in [5.41, 5.74) is 9.17. The molecular formula is C16H19ClN2O. The van der Waals surface area contributed by atoms with Crippen LogP contribution < -0.4 is 11.1 Å². The third-order valence-corrected chi connectivity index (χ3v) is 3.37. The molecule has 3 nitrogen and oxygen atoms in total. The van der Waals surface area contributed by atoms with Gasteiger partial charge >= 0.3 is 0 Å². The molecule has 0 aliphatic rings. The average molecular weight is 291 g/mol. The molecule has 3 N–H and O–H groups in total. The Morgan fingerprint density at radius 1 is 1.20 bits per heavy atom. The predicted molar refractivity (Wildman–Crippen MR) is 84.0 cm³/mol. The van der Waals surface area contributed by atoms with Crippen molar-refractivity contribution in [3.05, 3.63) is 64.7 Å². The van der Waals surface area contributed by atoms with Crippen LogP contribution in [-0.2, 0) is 11.3 Å². The van der Waals surface area contributed by atoms with Gasteiger partial charge in [-0.25, -0.2) is 0 Å². The van der Waals surface area contributed by atoms with E-state index < -0.39 is 0 Å².